The second-order valence-corrected chi connectivity index (χ2v) is 5.08. The van der Waals surface area contributed by atoms with E-state index in [0.29, 0.717) is 10.9 Å². The molecular weight excluding hydrogens is 298 g/mol. The second-order valence-electron chi connectivity index (χ2n) is 4.14. The number of aromatic amines is 1. The third-order valence-corrected chi connectivity index (χ3v) is 3.71. The van der Waals surface area contributed by atoms with Crippen LogP contribution in [-0.4, -0.2) is 19.7 Å². The highest BCUT2D eigenvalue weighted by Gasteiger charge is 2.12. The first-order chi connectivity index (χ1) is 9.88. The lowest BCUT2D eigenvalue weighted by Crippen LogP contribution is -2.33. The number of nitro groups is 1. The summed E-state index contributed by atoms with van der Waals surface area (Å²) in [5.74, 6) is 0.397. The molecule has 9 nitrogen and oxygen atoms in total. The lowest BCUT2D eigenvalue weighted by atomic mass is 10.2. The van der Waals surface area contributed by atoms with E-state index in [0.717, 1.165) is 5.56 Å². The first-order valence-electron chi connectivity index (χ1n) is 5.71. The van der Waals surface area contributed by atoms with Crippen LogP contribution in [0.3, 0.4) is 0 Å². The number of nitrogens with zero attached hydrogens (tertiary/aromatic N) is 3. The molecule has 0 aliphatic heterocycles. The molecule has 2 rings (SSSR count). The van der Waals surface area contributed by atoms with Gasteiger partial charge in [0.05, 0.1) is 4.92 Å². The van der Waals surface area contributed by atoms with Crippen LogP contribution in [0.5, 0.6) is 0 Å². The van der Waals surface area contributed by atoms with Crippen molar-refractivity contribution < 1.29 is 4.92 Å². The molecular formula is C11H11N5O4S. The van der Waals surface area contributed by atoms with E-state index in [1.165, 1.54) is 28.6 Å². The molecule has 0 saturated carbocycles. The summed E-state index contributed by atoms with van der Waals surface area (Å²) < 4.78 is 1.34. The maximum atomic E-state index is 11.2. The molecule has 0 aliphatic carbocycles. The Bertz CT molecular complexity index is 813. The highest BCUT2D eigenvalue weighted by atomic mass is 32.2. The van der Waals surface area contributed by atoms with Crippen molar-refractivity contribution in [3.8, 4) is 0 Å². The van der Waals surface area contributed by atoms with Crippen LogP contribution < -0.4 is 16.9 Å². The van der Waals surface area contributed by atoms with Crippen molar-refractivity contribution >= 4 is 23.1 Å². The average molecular weight is 309 g/mol. The summed E-state index contributed by atoms with van der Waals surface area (Å²) in [5, 5.41) is 13.3. The zero-order valence-electron chi connectivity index (χ0n) is 10.9. The molecule has 2 aromatic rings. The SMILES string of the molecule is Cn1[nH]c(=O)c(=O)nc1SCc1ccc([N+](=O)[O-])c(N)c1. The number of nitrogens with one attached hydrogen (secondary N) is 1. The molecule has 1 aromatic carbocycles. The number of aromatic nitrogens is 3. The molecule has 0 amide bonds. The van der Waals surface area contributed by atoms with Gasteiger partial charge in [0.25, 0.3) is 5.69 Å². The van der Waals surface area contributed by atoms with Crippen molar-refractivity contribution in [1.29, 1.82) is 0 Å². The summed E-state index contributed by atoms with van der Waals surface area (Å²) in [6, 6.07) is 4.39. The molecule has 0 unspecified atom stereocenters. The van der Waals surface area contributed by atoms with Crippen LogP contribution in [-0.2, 0) is 12.8 Å². The second kappa shape index (κ2) is 5.79. The molecule has 110 valence electrons. The Morgan fingerprint density at radius 3 is 2.81 bits per heavy atom. The molecule has 1 aromatic heterocycles. The number of nitrogen functional groups attached to an aromatic ring is 1. The summed E-state index contributed by atoms with van der Waals surface area (Å²) >= 11 is 1.20. The summed E-state index contributed by atoms with van der Waals surface area (Å²) in [4.78, 5) is 36.0. The number of hydrogen-bond donors (Lipinski definition) is 2. The van der Waals surface area contributed by atoms with Crippen LogP contribution >= 0.6 is 11.8 Å². The largest absolute Gasteiger partial charge is 0.393 e. The van der Waals surface area contributed by atoms with E-state index in [1.807, 2.05) is 0 Å². The first kappa shape index (κ1) is 14.8. The van der Waals surface area contributed by atoms with Gasteiger partial charge in [0.2, 0.25) is 0 Å². The topological polar surface area (TPSA) is 137 Å². The molecule has 0 atom stereocenters. The van der Waals surface area contributed by atoms with Gasteiger partial charge in [-0.25, -0.2) is 0 Å². The molecule has 21 heavy (non-hydrogen) atoms. The van der Waals surface area contributed by atoms with Gasteiger partial charge in [0.1, 0.15) is 5.69 Å². The van der Waals surface area contributed by atoms with E-state index >= 15 is 0 Å². The van der Waals surface area contributed by atoms with Crippen molar-refractivity contribution in [1.82, 2.24) is 14.8 Å². The predicted molar refractivity (Wildman–Crippen MR) is 77.2 cm³/mol. The Morgan fingerprint density at radius 1 is 1.48 bits per heavy atom. The van der Waals surface area contributed by atoms with E-state index in [2.05, 4.69) is 10.1 Å². The number of thioether (sulfide) groups is 1. The third kappa shape index (κ3) is 3.28. The number of hydrogen-bond acceptors (Lipinski definition) is 7. The summed E-state index contributed by atoms with van der Waals surface area (Å²) in [5.41, 5.74) is 4.60. The maximum Gasteiger partial charge on any atom is 0.339 e. The van der Waals surface area contributed by atoms with Crippen LogP contribution in [0.2, 0.25) is 0 Å². The fourth-order valence-corrected chi connectivity index (χ4v) is 2.46. The van der Waals surface area contributed by atoms with Crippen LogP contribution in [0.25, 0.3) is 0 Å². The van der Waals surface area contributed by atoms with E-state index in [9.17, 15) is 19.7 Å². The zero-order chi connectivity index (χ0) is 15.6. The van der Waals surface area contributed by atoms with Crippen LogP contribution in [0.15, 0.2) is 32.9 Å². The van der Waals surface area contributed by atoms with Crippen molar-refractivity contribution in [3.63, 3.8) is 0 Å². The number of anilines is 1. The van der Waals surface area contributed by atoms with Gasteiger partial charge in [-0.3, -0.25) is 29.5 Å². The summed E-state index contributed by atoms with van der Waals surface area (Å²) in [6.07, 6.45) is 0. The minimum absolute atomic E-state index is 0.0708. The number of H-pyrrole nitrogens is 1. The lowest BCUT2D eigenvalue weighted by Gasteiger charge is -2.06. The van der Waals surface area contributed by atoms with Gasteiger partial charge in [-0.1, -0.05) is 17.8 Å². The Labute approximate surface area is 121 Å². The quantitative estimate of drug-likeness (QED) is 0.271. The minimum atomic E-state index is -0.862. The number of benzene rings is 1. The molecule has 1 heterocycles. The van der Waals surface area contributed by atoms with Crippen LogP contribution in [0.4, 0.5) is 11.4 Å². The fourth-order valence-electron chi connectivity index (χ4n) is 1.60. The number of aryl methyl sites for hydroxylation is 1. The van der Waals surface area contributed by atoms with E-state index in [-0.39, 0.29) is 11.4 Å². The summed E-state index contributed by atoms with van der Waals surface area (Å²) in [6.45, 7) is 0. The Hall–Kier alpha value is -2.62. The van der Waals surface area contributed by atoms with Crippen molar-refractivity contribution in [3.05, 3.63) is 54.6 Å². The normalized spacial score (nSPS) is 10.5. The smallest absolute Gasteiger partial charge is 0.339 e. The van der Waals surface area contributed by atoms with Gasteiger partial charge < -0.3 is 5.73 Å². The molecule has 0 bridgehead atoms. The average Bonchev–Trinajstić information content (AvgIpc) is 2.41. The number of nitrogens with two attached hydrogens (primary N) is 1. The van der Waals surface area contributed by atoms with Crippen molar-refractivity contribution in [2.24, 2.45) is 7.05 Å². The lowest BCUT2D eigenvalue weighted by molar-refractivity contribution is -0.383. The van der Waals surface area contributed by atoms with Gasteiger partial charge in [-0.05, 0) is 11.6 Å². The molecule has 0 fully saturated rings. The van der Waals surface area contributed by atoms with Gasteiger partial charge in [0, 0.05) is 18.9 Å². The minimum Gasteiger partial charge on any atom is -0.393 e. The van der Waals surface area contributed by atoms with E-state index < -0.39 is 16.0 Å². The van der Waals surface area contributed by atoms with E-state index in [4.69, 9.17) is 5.73 Å². The van der Waals surface area contributed by atoms with Crippen molar-refractivity contribution in [2.75, 3.05) is 5.73 Å². The monoisotopic (exact) mass is 309 g/mol. The molecule has 0 spiro atoms. The Kier molecular flexibility index (Phi) is 4.08. The highest BCUT2D eigenvalue weighted by molar-refractivity contribution is 7.98. The summed E-state index contributed by atoms with van der Waals surface area (Å²) in [7, 11) is 1.56. The molecule has 0 saturated heterocycles. The van der Waals surface area contributed by atoms with Crippen LogP contribution in [0, 0.1) is 10.1 Å². The van der Waals surface area contributed by atoms with Crippen molar-refractivity contribution in [2.45, 2.75) is 10.9 Å². The van der Waals surface area contributed by atoms with Crippen LogP contribution in [0.1, 0.15) is 5.56 Å². The van der Waals surface area contributed by atoms with Gasteiger partial charge in [-0.15, -0.1) is 0 Å². The third-order valence-electron chi connectivity index (χ3n) is 2.60. The molecule has 10 heteroatoms. The molecule has 0 radical (unpaired) electrons. The fraction of sp³-hybridized carbons (Fsp3) is 0.182. The Balaban J connectivity index is 2.19. The Morgan fingerprint density at radius 2 is 2.19 bits per heavy atom. The highest BCUT2D eigenvalue weighted by Crippen LogP contribution is 2.25. The van der Waals surface area contributed by atoms with Gasteiger partial charge in [0.15, 0.2) is 5.16 Å². The van der Waals surface area contributed by atoms with Gasteiger partial charge >= 0.3 is 11.1 Å². The van der Waals surface area contributed by atoms with E-state index in [1.54, 1.807) is 13.1 Å². The first-order valence-corrected chi connectivity index (χ1v) is 6.70. The molecule has 0 aliphatic rings. The number of nitro benzene ring substituents is 1. The zero-order valence-corrected chi connectivity index (χ0v) is 11.7. The maximum absolute atomic E-state index is 11.2. The predicted octanol–water partition coefficient (Wildman–Crippen LogP) is 0.251. The number of rotatable bonds is 4. The molecule has 3 N–H and O–H groups in total. The van der Waals surface area contributed by atoms with Gasteiger partial charge in [-0.2, -0.15) is 4.98 Å². The standard InChI is InChI=1S/C11H11N5O4S/c1-15-11(13-9(17)10(18)14-15)21-5-6-2-3-8(16(19)20)7(12)4-6/h2-4H,5,12H2,1H3,(H,14,18).